The van der Waals surface area contributed by atoms with Gasteiger partial charge in [0.15, 0.2) is 0 Å². The van der Waals surface area contributed by atoms with Crippen LogP contribution in [0.1, 0.15) is 54.8 Å². The molecule has 0 aromatic heterocycles. The van der Waals surface area contributed by atoms with Crippen LogP contribution in [-0.4, -0.2) is 24.5 Å². The lowest BCUT2D eigenvalue weighted by molar-refractivity contribution is -0.00597. The zero-order chi connectivity index (χ0) is 22.3. The Morgan fingerprint density at radius 2 is 1.37 bits per heavy atom. The molecule has 1 N–H and O–H groups in total. The van der Waals surface area contributed by atoms with Gasteiger partial charge in [-0.1, -0.05) is 27.7 Å². The number of nitrogens with one attached hydrogen (secondary N) is 1. The van der Waals surface area contributed by atoms with E-state index in [0.717, 1.165) is 6.42 Å². The van der Waals surface area contributed by atoms with Crippen molar-refractivity contribution in [2.24, 2.45) is 17.8 Å². The minimum atomic E-state index is -0.521. The lowest BCUT2D eigenvalue weighted by Gasteiger charge is -2.31. The number of halogens is 2. The second-order valence-electron chi connectivity index (χ2n) is 8.23. The standard InChI is InChI=1S/C24H29F2NO3/c1-15(2)13-19(14-27-23(28)17-5-9-20(25)10-6-17)22(16(3)4)30-24(29)18-7-11-21(26)12-8-18/h5-12,15-16,19,22H,13-14H2,1-4H3,(H,27,28). The first-order chi connectivity index (χ1) is 14.2. The summed E-state index contributed by atoms with van der Waals surface area (Å²) in [4.78, 5) is 25.0. The molecule has 6 heteroatoms. The molecular formula is C24H29F2NO3. The van der Waals surface area contributed by atoms with Gasteiger partial charge in [0.25, 0.3) is 5.91 Å². The predicted octanol–water partition coefficient (Wildman–Crippen LogP) is 5.24. The zero-order valence-electron chi connectivity index (χ0n) is 17.8. The van der Waals surface area contributed by atoms with E-state index in [9.17, 15) is 18.4 Å². The largest absolute Gasteiger partial charge is 0.458 e. The fourth-order valence-electron chi connectivity index (χ4n) is 3.42. The van der Waals surface area contributed by atoms with Crippen molar-refractivity contribution in [1.82, 2.24) is 5.32 Å². The first-order valence-electron chi connectivity index (χ1n) is 10.2. The minimum Gasteiger partial charge on any atom is -0.458 e. The molecule has 1 amide bonds. The summed E-state index contributed by atoms with van der Waals surface area (Å²) in [6, 6.07) is 10.5. The molecule has 4 nitrogen and oxygen atoms in total. The molecule has 2 atom stereocenters. The quantitative estimate of drug-likeness (QED) is 0.568. The van der Waals surface area contributed by atoms with Gasteiger partial charge in [-0.25, -0.2) is 13.6 Å². The second kappa shape index (κ2) is 10.9. The number of ether oxygens (including phenoxy) is 1. The van der Waals surface area contributed by atoms with Gasteiger partial charge in [-0.15, -0.1) is 0 Å². The molecule has 2 rings (SSSR count). The Balaban J connectivity index is 2.11. The van der Waals surface area contributed by atoms with Crippen LogP contribution in [0, 0.1) is 29.4 Å². The van der Waals surface area contributed by atoms with Crippen molar-refractivity contribution in [3.05, 3.63) is 71.3 Å². The minimum absolute atomic E-state index is 0.0147. The molecule has 0 fully saturated rings. The van der Waals surface area contributed by atoms with Gasteiger partial charge in [0.05, 0.1) is 5.56 Å². The second-order valence-corrected chi connectivity index (χ2v) is 8.23. The van der Waals surface area contributed by atoms with Crippen molar-refractivity contribution < 1.29 is 23.1 Å². The number of benzene rings is 2. The summed E-state index contributed by atoms with van der Waals surface area (Å²) in [5, 5.41) is 2.88. The number of hydrogen-bond acceptors (Lipinski definition) is 3. The highest BCUT2D eigenvalue weighted by molar-refractivity contribution is 5.94. The summed E-state index contributed by atoms with van der Waals surface area (Å²) >= 11 is 0. The van der Waals surface area contributed by atoms with Crippen molar-refractivity contribution in [3.8, 4) is 0 Å². The molecule has 162 valence electrons. The van der Waals surface area contributed by atoms with Crippen LogP contribution < -0.4 is 5.32 Å². The Morgan fingerprint density at radius 3 is 1.83 bits per heavy atom. The van der Waals surface area contributed by atoms with Gasteiger partial charge in [0, 0.05) is 18.0 Å². The van der Waals surface area contributed by atoms with Crippen LogP contribution in [0.5, 0.6) is 0 Å². The van der Waals surface area contributed by atoms with E-state index >= 15 is 0 Å². The fourth-order valence-corrected chi connectivity index (χ4v) is 3.42. The van der Waals surface area contributed by atoms with Gasteiger partial charge in [-0.2, -0.15) is 0 Å². The van der Waals surface area contributed by atoms with Crippen LogP contribution in [-0.2, 0) is 4.74 Å². The maximum atomic E-state index is 13.1. The van der Waals surface area contributed by atoms with E-state index in [4.69, 9.17) is 4.74 Å². The summed E-state index contributed by atoms with van der Waals surface area (Å²) in [6.07, 6.45) is 0.307. The van der Waals surface area contributed by atoms with Gasteiger partial charge in [0.2, 0.25) is 0 Å². The third kappa shape index (κ3) is 6.94. The number of rotatable bonds is 9. The van der Waals surface area contributed by atoms with Crippen molar-refractivity contribution in [2.45, 2.75) is 40.2 Å². The Bertz CT molecular complexity index is 833. The van der Waals surface area contributed by atoms with Crippen molar-refractivity contribution in [2.75, 3.05) is 6.54 Å². The van der Waals surface area contributed by atoms with E-state index in [0.29, 0.717) is 18.0 Å². The maximum Gasteiger partial charge on any atom is 0.338 e. The van der Waals surface area contributed by atoms with Gasteiger partial charge in [0.1, 0.15) is 17.7 Å². The van der Waals surface area contributed by atoms with Gasteiger partial charge in [-0.05, 0) is 66.8 Å². The van der Waals surface area contributed by atoms with Gasteiger partial charge >= 0.3 is 5.97 Å². The number of carbonyl (C=O) groups excluding carboxylic acids is 2. The van der Waals surface area contributed by atoms with Crippen LogP contribution in [0.15, 0.2) is 48.5 Å². The molecular weight excluding hydrogens is 388 g/mol. The summed E-state index contributed by atoms with van der Waals surface area (Å²) in [7, 11) is 0. The van der Waals surface area contributed by atoms with E-state index in [-0.39, 0.29) is 23.3 Å². The molecule has 30 heavy (non-hydrogen) atoms. The SMILES string of the molecule is CC(C)CC(CNC(=O)c1ccc(F)cc1)C(OC(=O)c1ccc(F)cc1)C(C)C. The van der Waals surface area contributed by atoms with E-state index in [1.807, 2.05) is 13.8 Å². The first kappa shape index (κ1) is 23.5. The number of carbonyl (C=O) groups is 2. The molecule has 0 heterocycles. The van der Waals surface area contributed by atoms with Crippen LogP contribution in [0.25, 0.3) is 0 Å². The van der Waals surface area contributed by atoms with Gasteiger partial charge < -0.3 is 10.1 Å². The molecule has 0 saturated carbocycles. The summed E-state index contributed by atoms with van der Waals surface area (Å²) in [6.45, 7) is 8.35. The maximum absolute atomic E-state index is 13.1. The molecule has 0 aliphatic carbocycles. The molecule has 0 bridgehead atoms. The number of esters is 1. The molecule has 0 aliphatic heterocycles. The van der Waals surface area contributed by atoms with E-state index in [1.54, 1.807) is 0 Å². The topological polar surface area (TPSA) is 55.4 Å². The van der Waals surface area contributed by atoms with E-state index in [2.05, 4.69) is 19.2 Å². The predicted molar refractivity (Wildman–Crippen MR) is 112 cm³/mol. The first-order valence-corrected chi connectivity index (χ1v) is 10.2. The third-order valence-corrected chi connectivity index (χ3v) is 4.85. The monoisotopic (exact) mass is 417 g/mol. The molecule has 0 spiro atoms. The highest BCUT2D eigenvalue weighted by Gasteiger charge is 2.30. The highest BCUT2D eigenvalue weighted by atomic mass is 19.1. The van der Waals surface area contributed by atoms with Crippen LogP contribution in [0.2, 0.25) is 0 Å². The third-order valence-electron chi connectivity index (χ3n) is 4.85. The molecule has 2 unspecified atom stereocenters. The lowest BCUT2D eigenvalue weighted by Crippen LogP contribution is -2.40. The lowest BCUT2D eigenvalue weighted by atomic mass is 9.86. The Hall–Kier alpha value is -2.76. The smallest absolute Gasteiger partial charge is 0.338 e. The summed E-state index contributed by atoms with van der Waals surface area (Å²) in [5.41, 5.74) is 0.643. The Labute approximate surface area is 176 Å². The molecule has 0 saturated heterocycles. The normalized spacial score (nSPS) is 13.2. The average molecular weight is 417 g/mol. The number of hydrogen-bond donors (Lipinski definition) is 1. The van der Waals surface area contributed by atoms with Crippen LogP contribution in [0.3, 0.4) is 0 Å². The van der Waals surface area contributed by atoms with Crippen molar-refractivity contribution >= 4 is 11.9 Å². The fraction of sp³-hybridized carbons (Fsp3) is 0.417. The van der Waals surface area contributed by atoms with Crippen molar-refractivity contribution in [1.29, 1.82) is 0 Å². The molecule has 0 aliphatic rings. The molecule has 2 aromatic carbocycles. The average Bonchev–Trinajstić information content (AvgIpc) is 2.69. The van der Waals surface area contributed by atoms with Crippen molar-refractivity contribution in [3.63, 3.8) is 0 Å². The molecule has 2 aromatic rings. The number of amides is 1. The van der Waals surface area contributed by atoms with E-state index < -0.39 is 23.7 Å². The Morgan fingerprint density at radius 1 is 0.867 bits per heavy atom. The summed E-state index contributed by atoms with van der Waals surface area (Å²) < 4.78 is 32.0. The van der Waals surface area contributed by atoms with Crippen LogP contribution >= 0.6 is 0 Å². The highest BCUT2D eigenvalue weighted by Crippen LogP contribution is 2.25. The molecule has 0 radical (unpaired) electrons. The Kier molecular flexibility index (Phi) is 8.51. The van der Waals surface area contributed by atoms with Gasteiger partial charge in [-0.3, -0.25) is 4.79 Å². The van der Waals surface area contributed by atoms with Crippen LogP contribution in [0.4, 0.5) is 8.78 Å². The zero-order valence-corrected chi connectivity index (χ0v) is 17.8. The summed E-state index contributed by atoms with van der Waals surface area (Å²) in [5.74, 6) is -1.43. The van der Waals surface area contributed by atoms with E-state index in [1.165, 1.54) is 48.5 Å².